The first-order valence-corrected chi connectivity index (χ1v) is 7.14. The van der Waals surface area contributed by atoms with Gasteiger partial charge in [0.2, 0.25) is 0 Å². The van der Waals surface area contributed by atoms with Gasteiger partial charge in [-0.3, -0.25) is 0 Å². The maximum Gasteiger partial charge on any atom is 0.0306 e. The highest BCUT2D eigenvalue weighted by atomic mass is 15.0. The van der Waals surface area contributed by atoms with Crippen LogP contribution in [0.3, 0.4) is 0 Å². The molecule has 0 bridgehead atoms. The van der Waals surface area contributed by atoms with Gasteiger partial charge in [0.15, 0.2) is 0 Å². The largest absolute Gasteiger partial charge is 0.329 e. The maximum atomic E-state index is 5.99. The minimum atomic E-state index is 0.267. The van der Waals surface area contributed by atoms with Gasteiger partial charge in [0.25, 0.3) is 0 Å². The van der Waals surface area contributed by atoms with Gasteiger partial charge in [0, 0.05) is 12.1 Å². The summed E-state index contributed by atoms with van der Waals surface area (Å²) >= 11 is 0. The second kappa shape index (κ2) is 6.61. The van der Waals surface area contributed by atoms with Crippen molar-refractivity contribution in [1.82, 2.24) is 5.32 Å². The minimum absolute atomic E-state index is 0.267. The summed E-state index contributed by atoms with van der Waals surface area (Å²) in [5.41, 5.74) is 6.26. The molecule has 3 N–H and O–H groups in total. The average molecular weight is 226 g/mol. The summed E-state index contributed by atoms with van der Waals surface area (Å²) in [5, 5.41) is 3.79. The fourth-order valence-corrected chi connectivity index (χ4v) is 2.94. The lowest BCUT2D eigenvalue weighted by atomic mass is 9.93. The zero-order valence-corrected chi connectivity index (χ0v) is 11.4. The molecule has 1 saturated carbocycles. The second-order valence-electron chi connectivity index (χ2n) is 5.56. The molecular weight excluding hydrogens is 196 g/mol. The highest BCUT2D eigenvalue weighted by molar-refractivity contribution is 4.97. The normalized spacial score (nSPS) is 30.2. The van der Waals surface area contributed by atoms with Crippen LogP contribution >= 0.6 is 0 Å². The Bertz CT molecular complexity index is 189. The summed E-state index contributed by atoms with van der Waals surface area (Å²) in [6.45, 7) is 8.84. The van der Waals surface area contributed by atoms with Crippen LogP contribution in [-0.2, 0) is 0 Å². The second-order valence-corrected chi connectivity index (χ2v) is 5.56. The smallest absolute Gasteiger partial charge is 0.0306 e. The average Bonchev–Trinajstić information content (AvgIpc) is 2.75. The van der Waals surface area contributed by atoms with Crippen molar-refractivity contribution in [2.45, 2.75) is 64.8 Å². The first kappa shape index (κ1) is 14.0. The third kappa shape index (κ3) is 3.46. The lowest BCUT2D eigenvalue weighted by molar-refractivity contribution is 0.294. The van der Waals surface area contributed by atoms with E-state index in [1.807, 2.05) is 0 Å². The Hall–Kier alpha value is -0.0800. The molecule has 16 heavy (non-hydrogen) atoms. The molecule has 0 aromatic rings. The monoisotopic (exact) mass is 226 g/mol. The molecule has 0 aromatic carbocycles. The maximum absolute atomic E-state index is 5.99. The highest BCUT2D eigenvalue weighted by Crippen LogP contribution is 2.35. The Morgan fingerprint density at radius 2 is 2.00 bits per heavy atom. The van der Waals surface area contributed by atoms with Crippen LogP contribution < -0.4 is 11.1 Å². The van der Waals surface area contributed by atoms with Gasteiger partial charge in [-0.1, -0.05) is 40.0 Å². The van der Waals surface area contributed by atoms with E-state index in [0.717, 1.165) is 24.9 Å². The Labute approximate surface area is 101 Å². The van der Waals surface area contributed by atoms with Crippen LogP contribution in [0.15, 0.2) is 0 Å². The van der Waals surface area contributed by atoms with Crippen LogP contribution in [0.1, 0.15) is 59.3 Å². The van der Waals surface area contributed by atoms with Gasteiger partial charge in [-0.15, -0.1) is 0 Å². The molecular formula is C14H30N2. The molecule has 1 aliphatic carbocycles. The van der Waals surface area contributed by atoms with Crippen molar-refractivity contribution in [2.75, 3.05) is 13.1 Å². The minimum Gasteiger partial charge on any atom is -0.329 e. The molecule has 0 amide bonds. The molecule has 1 aliphatic rings. The molecule has 0 saturated heterocycles. The Kier molecular flexibility index (Phi) is 5.77. The van der Waals surface area contributed by atoms with Gasteiger partial charge in [-0.2, -0.15) is 0 Å². The van der Waals surface area contributed by atoms with E-state index in [0.29, 0.717) is 0 Å². The van der Waals surface area contributed by atoms with Gasteiger partial charge in [0.05, 0.1) is 0 Å². The van der Waals surface area contributed by atoms with E-state index in [2.05, 4.69) is 26.1 Å². The third-order valence-electron chi connectivity index (χ3n) is 4.60. The van der Waals surface area contributed by atoms with Gasteiger partial charge in [-0.05, 0) is 37.6 Å². The van der Waals surface area contributed by atoms with Crippen LogP contribution in [0.2, 0.25) is 0 Å². The van der Waals surface area contributed by atoms with Crippen LogP contribution in [0.4, 0.5) is 0 Å². The number of hydrogen-bond donors (Lipinski definition) is 2. The molecule has 2 nitrogen and oxygen atoms in total. The van der Waals surface area contributed by atoms with E-state index < -0.39 is 0 Å². The molecule has 96 valence electrons. The first-order valence-electron chi connectivity index (χ1n) is 7.14. The predicted molar refractivity (Wildman–Crippen MR) is 71.5 cm³/mol. The SMILES string of the molecule is CCC(CC)CNC1(CN)CCC(CC)C1. The van der Waals surface area contributed by atoms with Crippen molar-refractivity contribution in [1.29, 1.82) is 0 Å². The lowest BCUT2D eigenvalue weighted by Crippen LogP contribution is -2.50. The van der Waals surface area contributed by atoms with Crippen LogP contribution in [0.5, 0.6) is 0 Å². The van der Waals surface area contributed by atoms with E-state index in [-0.39, 0.29) is 5.54 Å². The molecule has 0 aliphatic heterocycles. The molecule has 2 heteroatoms. The summed E-state index contributed by atoms with van der Waals surface area (Å²) in [6, 6.07) is 0. The highest BCUT2D eigenvalue weighted by Gasteiger charge is 2.36. The molecule has 0 aromatic heterocycles. The number of rotatable bonds is 7. The Balaban J connectivity index is 2.42. The summed E-state index contributed by atoms with van der Waals surface area (Å²) in [7, 11) is 0. The zero-order chi connectivity index (χ0) is 12.0. The van der Waals surface area contributed by atoms with Gasteiger partial charge >= 0.3 is 0 Å². The lowest BCUT2D eigenvalue weighted by Gasteiger charge is -2.31. The van der Waals surface area contributed by atoms with E-state index in [1.165, 1.54) is 38.5 Å². The zero-order valence-electron chi connectivity index (χ0n) is 11.4. The fraction of sp³-hybridized carbons (Fsp3) is 1.00. The van der Waals surface area contributed by atoms with E-state index in [9.17, 15) is 0 Å². The van der Waals surface area contributed by atoms with Gasteiger partial charge < -0.3 is 11.1 Å². The fourth-order valence-electron chi connectivity index (χ4n) is 2.94. The molecule has 2 atom stereocenters. The molecule has 1 rings (SSSR count). The Morgan fingerprint density at radius 1 is 1.31 bits per heavy atom. The van der Waals surface area contributed by atoms with Gasteiger partial charge in [0.1, 0.15) is 0 Å². The molecule has 0 radical (unpaired) electrons. The van der Waals surface area contributed by atoms with Crippen LogP contribution in [-0.4, -0.2) is 18.6 Å². The van der Waals surface area contributed by atoms with Crippen molar-refractivity contribution in [2.24, 2.45) is 17.6 Å². The predicted octanol–water partition coefficient (Wildman–Crippen LogP) is 2.92. The number of nitrogens with two attached hydrogens (primary N) is 1. The summed E-state index contributed by atoms with van der Waals surface area (Å²) < 4.78 is 0. The van der Waals surface area contributed by atoms with Crippen molar-refractivity contribution < 1.29 is 0 Å². The van der Waals surface area contributed by atoms with Crippen molar-refractivity contribution in [3.8, 4) is 0 Å². The first-order chi connectivity index (χ1) is 7.69. The summed E-state index contributed by atoms with van der Waals surface area (Å²) in [4.78, 5) is 0. The molecule has 0 heterocycles. The molecule has 2 unspecified atom stereocenters. The molecule has 0 spiro atoms. The summed E-state index contributed by atoms with van der Waals surface area (Å²) in [5.74, 6) is 1.72. The van der Waals surface area contributed by atoms with Crippen molar-refractivity contribution in [3.05, 3.63) is 0 Å². The molecule has 1 fully saturated rings. The number of hydrogen-bond acceptors (Lipinski definition) is 2. The Morgan fingerprint density at radius 3 is 2.44 bits per heavy atom. The standard InChI is InChI=1S/C14H30N2/c1-4-12(5-2)10-16-14(11-15)8-7-13(6-3)9-14/h12-13,16H,4-11,15H2,1-3H3. The van der Waals surface area contributed by atoms with Crippen molar-refractivity contribution in [3.63, 3.8) is 0 Å². The van der Waals surface area contributed by atoms with E-state index in [4.69, 9.17) is 5.73 Å². The van der Waals surface area contributed by atoms with E-state index in [1.54, 1.807) is 0 Å². The van der Waals surface area contributed by atoms with Crippen LogP contribution in [0.25, 0.3) is 0 Å². The third-order valence-corrected chi connectivity index (χ3v) is 4.60. The van der Waals surface area contributed by atoms with Gasteiger partial charge in [-0.25, -0.2) is 0 Å². The topological polar surface area (TPSA) is 38.0 Å². The van der Waals surface area contributed by atoms with Crippen LogP contribution in [0, 0.1) is 11.8 Å². The summed E-state index contributed by atoms with van der Waals surface area (Å²) in [6.07, 6.45) is 7.81. The van der Waals surface area contributed by atoms with Crippen molar-refractivity contribution >= 4 is 0 Å². The quantitative estimate of drug-likeness (QED) is 0.700. The van der Waals surface area contributed by atoms with E-state index >= 15 is 0 Å². The number of nitrogens with one attached hydrogen (secondary N) is 1.